The number of hydrogen-bond donors (Lipinski definition) is 7. The van der Waals surface area contributed by atoms with Gasteiger partial charge in [0.25, 0.3) is 11.8 Å². The van der Waals surface area contributed by atoms with Gasteiger partial charge in [0.2, 0.25) is 35.4 Å². The van der Waals surface area contributed by atoms with Gasteiger partial charge in [-0.05, 0) is 91.4 Å². The standard InChI is InChI=1S/C69H106N10O15/c1-15-44(8)61(53(92-13)39-57(84)78-37-23-27-51(78)63(93-14)46(10)52(80)38-45(9)62(85)48-24-18-16-19-25-48)76(11)67(89)59(42(4)5)75-66(88)60(43(6)7)77(12)69(91)94-40-47-29-31-49(32-30-47)72-64(86)50(26-22-35-71-68(70)90)73-65(87)58(41(2)3)74-54(81)28-20-17-21-36-79-55(82)33-34-56(79)83/h16,18-19,24-25,29-34,41-46,50-51,53,58-63,85H,15,17,20-23,26-28,35-40H2,1-14H3,(H,72,86)(H,73,87)(H,74,81)(H,75,88)(H3,70,71,90)/t44-,45-,46-,50-,51-,53+,58-,59-,60+,61-,62+,63+/m0/s1. The van der Waals surface area contributed by atoms with E-state index in [1.54, 1.807) is 89.8 Å². The van der Waals surface area contributed by atoms with Crippen LogP contribution in [0, 0.1) is 35.5 Å². The highest BCUT2D eigenvalue weighted by Gasteiger charge is 2.44. The molecule has 0 aliphatic carbocycles. The Hall–Kier alpha value is -7.77. The Balaban J connectivity index is 1.37. The van der Waals surface area contributed by atoms with Gasteiger partial charge in [-0.1, -0.05) is 125 Å². The highest BCUT2D eigenvalue weighted by atomic mass is 16.6. The van der Waals surface area contributed by atoms with Crippen LogP contribution in [0.1, 0.15) is 157 Å². The van der Waals surface area contributed by atoms with Crippen molar-refractivity contribution in [2.45, 2.75) is 201 Å². The molecule has 2 aromatic rings. The van der Waals surface area contributed by atoms with E-state index < -0.39 is 108 Å². The maximum Gasteiger partial charge on any atom is 0.410 e. The first kappa shape index (κ1) is 78.7. The molecule has 2 aromatic carbocycles. The van der Waals surface area contributed by atoms with Crippen molar-refractivity contribution in [3.63, 3.8) is 0 Å². The number of imide groups is 1. The van der Waals surface area contributed by atoms with Crippen LogP contribution in [-0.4, -0.2) is 186 Å². The number of hydrogen-bond acceptors (Lipinski definition) is 15. The third-order valence-electron chi connectivity index (χ3n) is 18.0. The Morgan fingerprint density at radius 3 is 1.93 bits per heavy atom. The number of likely N-dealkylation sites (N-methyl/N-ethyl adjacent to an activating group) is 2. The van der Waals surface area contributed by atoms with Gasteiger partial charge in [0.05, 0.1) is 36.8 Å². The summed E-state index contributed by atoms with van der Waals surface area (Å²) in [4.78, 5) is 153. The predicted octanol–water partition coefficient (Wildman–Crippen LogP) is 6.17. The molecule has 0 unspecified atom stereocenters. The second-order valence-corrected chi connectivity index (χ2v) is 26.1. The number of ketones is 1. The Kier molecular flexibility index (Phi) is 32.3. The van der Waals surface area contributed by atoms with Gasteiger partial charge in [0.1, 0.15) is 36.6 Å². The second kappa shape index (κ2) is 38.6. The lowest BCUT2D eigenvalue weighted by Gasteiger charge is -2.41. The number of rotatable bonds is 39. The zero-order valence-electron chi connectivity index (χ0n) is 57.6. The molecule has 522 valence electrons. The van der Waals surface area contributed by atoms with Crippen LogP contribution in [0.3, 0.4) is 0 Å². The van der Waals surface area contributed by atoms with Crippen molar-refractivity contribution in [2.24, 2.45) is 41.2 Å². The van der Waals surface area contributed by atoms with E-state index in [1.165, 1.54) is 31.2 Å². The van der Waals surface area contributed by atoms with Gasteiger partial charge in [-0.2, -0.15) is 0 Å². The zero-order valence-corrected chi connectivity index (χ0v) is 57.6. The number of nitrogens with zero attached hydrogens (tertiary/aromatic N) is 4. The summed E-state index contributed by atoms with van der Waals surface area (Å²) >= 11 is 0. The van der Waals surface area contributed by atoms with E-state index in [0.717, 1.165) is 10.5 Å². The smallest absolute Gasteiger partial charge is 0.410 e. The fraction of sp³-hybridized carbons (Fsp3) is 0.638. The van der Waals surface area contributed by atoms with E-state index in [1.807, 2.05) is 58.0 Å². The molecule has 94 heavy (non-hydrogen) atoms. The lowest BCUT2D eigenvalue weighted by molar-refractivity contribution is -0.148. The molecule has 8 N–H and O–H groups in total. The summed E-state index contributed by atoms with van der Waals surface area (Å²) in [5, 5.41) is 24.7. The third kappa shape index (κ3) is 23.0. The number of anilines is 1. The summed E-state index contributed by atoms with van der Waals surface area (Å²) < 4.78 is 17.8. The van der Waals surface area contributed by atoms with Crippen molar-refractivity contribution in [3.05, 3.63) is 77.9 Å². The lowest BCUT2D eigenvalue weighted by atomic mass is 9.85. The van der Waals surface area contributed by atoms with E-state index in [-0.39, 0.29) is 99.0 Å². The molecular weight excluding hydrogens is 1210 g/mol. The molecule has 0 bridgehead atoms. The number of ether oxygens (including phenoxy) is 3. The topological polar surface area (TPSA) is 335 Å². The number of nitrogens with one attached hydrogen (secondary N) is 5. The van der Waals surface area contributed by atoms with Crippen LogP contribution in [0.5, 0.6) is 0 Å². The van der Waals surface area contributed by atoms with Crippen LogP contribution in [0.2, 0.25) is 0 Å². The van der Waals surface area contributed by atoms with Crippen LogP contribution >= 0.6 is 0 Å². The number of aliphatic hydroxyl groups excluding tert-OH is 1. The number of unbranched alkanes of at least 4 members (excludes halogenated alkanes) is 2. The quantitative estimate of drug-likeness (QED) is 0.0291. The number of aliphatic hydroxyl groups is 1. The fourth-order valence-corrected chi connectivity index (χ4v) is 12.3. The number of Topliss-reactive ketones (excluding diaryl/α,β-unsaturated/α-hetero) is 1. The molecule has 2 aliphatic rings. The number of primary amides is 1. The summed E-state index contributed by atoms with van der Waals surface area (Å²) in [6.45, 7) is 18.8. The molecule has 0 spiro atoms. The minimum absolute atomic E-state index is 0.0768. The SMILES string of the molecule is CC[C@H](C)[C@@H]([C@@H](CC(=O)N1CCC[C@H]1[C@H](OC)[C@@H](C)C(=O)C[C@H](C)[C@@H](O)c1ccccc1)OC)N(C)C(=O)[C@@H](NC(=O)[C@@H](C(C)C)N(C)C(=O)OCc1ccc(NC(=O)[C@H](CCCNC(N)=O)NC(=O)[C@@H](NC(=O)CCCCCN2C(=O)C=CC2=O)C(C)C)cc1)C(C)C. The van der Waals surface area contributed by atoms with Crippen molar-refractivity contribution in [1.29, 1.82) is 0 Å². The number of nitrogens with two attached hydrogens (primary N) is 1. The van der Waals surface area contributed by atoms with Crippen LogP contribution in [0.4, 0.5) is 15.3 Å². The Morgan fingerprint density at radius 2 is 1.35 bits per heavy atom. The van der Waals surface area contributed by atoms with Crippen molar-refractivity contribution in [2.75, 3.05) is 53.3 Å². The molecule has 12 atom stereocenters. The van der Waals surface area contributed by atoms with Crippen LogP contribution < -0.4 is 32.3 Å². The molecule has 1 saturated heterocycles. The number of carbonyl (C=O) groups excluding carboxylic acids is 11. The number of methoxy groups -OCH3 is 2. The highest BCUT2D eigenvalue weighted by molar-refractivity contribution is 6.12. The summed E-state index contributed by atoms with van der Waals surface area (Å²) in [6, 6.07) is 9.57. The Morgan fingerprint density at radius 1 is 0.713 bits per heavy atom. The van der Waals surface area contributed by atoms with Crippen LogP contribution in [0.15, 0.2) is 66.7 Å². The molecule has 0 aromatic heterocycles. The average molecular weight is 1320 g/mol. The van der Waals surface area contributed by atoms with Crippen molar-refractivity contribution >= 4 is 70.9 Å². The van der Waals surface area contributed by atoms with Crippen LogP contribution in [-0.2, 0) is 64.0 Å². The zero-order chi connectivity index (χ0) is 70.1. The average Bonchev–Trinajstić information content (AvgIpc) is 1.33. The molecule has 2 heterocycles. The number of carbonyl (C=O) groups is 11. The lowest BCUT2D eigenvalue weighted by Crippen LogP contribution is -2.60. The first-order chi connectivity index (χ1) is 44.5. The number of amides is 11. The monoisotopic (exact) mass is 1310 g/mol. The van der Waals surface area contributed by atoms with Crippen molar-refractivity contribution in [1.82, 2.24) is 40.9 Å². The number of likely N-dealkylation sites (tertiary alicyclic amines) is 1. The normalized spacial score (nSPS) is 17.4. The summed E-state index contributed by atoms with van der Waals surface area (Å²) in [6.07, 6.45) is 3.33. The van der Waals surface area contributed by atoms with Gasteiger partial charge in [-0.15, -0.1) is 0 Å². The predicted molar refractivity (Wildman–Crippen MR) is 355 cm³/mol. The molecule has 25 nitrogen and oxygen atoms in total. The van der Waals surface area contributed by atoms with E-state index in [0.29, 0.717) is 56.3 Å². The van der Waals surface area contributed by atoms with Gasteiger partial charge in [-0.25, -0.2) is 9.59 Å². The highest BCUT2D eigenvalue weighted by Crippen LogP contribution is 2.32. The molecule has 4 rings (SSSR count). The van der Waals surface area contributed by atoms with Gasteiger partial charge in [-0.3, -0.25) is 53.0 Å². The summed E-state index contributed by atoms with van der Waals surface area (Å²) in [5.41, 5.74) is 6.84. The second-order valence-electron chi connectivity index (χ2n) is 26.1. The molecule has 0 radical (unpaired) electrons. The first-order valence-electron chi connectivity index (χ1n) is 33.1. The van der Waals surface area contributed by atoms with E-state index >= 15 is 0 Å². The Bertz CT molecular complexity index is 2870. The first-order valence-corrected chi connectivity index (χ1v) is 33.1. The summed E-state index contributed by atoms with van der Waals surface area (Å²) in [5.74, 6) is -5.96. The van der Waals surface area contributed by atoms with Gasteiger partial charge in [0, 0.05) is 84.5 Å². The fourth-order valence-electron chi connectivity index (χ4n) is 12.3. The molecule has 1 fully saturated rings. The van der Waals surface area contributed by atoms with E-state index in [4.69, 9.17) is 19.9 Å². The molecular formula is C69H106N10O15. The number of benzene rings is 2. The third-order valence-corrected chi connectivity index (χ3v) is 18.0. The van der Waals surface area contributed by atoms with Gasteiger partial charge >= 0.3 is 12.1 Å². The molecule has 11 amide bonds. The largest absolute Gasteiger partial charge is 0.445 e. The van der Waals surface area contributed by atoms with E-state index in [2.05, 4.69) is 26.6 Å². The maximum absolute atomic E-state index is 14.8. The minimum atomic E-state index is -1.11. The van der Waals surface area contributed by atoms with E-state index in [9.17, 15) is 57.8 Å². The van der Waals surface area contributed by atoms with Crippen LogP contribution in [0.25, 0.3) is 0 Å². The minimum Gasteiger partial charge on any atom is -0.445 e. The van der Waals surface area contributed by atoms with Gasteiger partial charge in [0.15, 0.2) is 0 Å². The van der Waals surface area contributed by atoms with Gasteiger partial charge < -0.3 is 61.4 Å². The molecule has 0 saturated carbocycles. The summed E-state index contributed by atoms with van der Waals surface area (Å²) in [7, 11) is 6.12. The van der Waals surface area contributed by atoms with Crippen molar-refractivity contribution in [3.8, 4) is 0 Å². The maximum atomic E-state index is 14.8. The van der Waals surface area contributed by atoms with Crippen molar-refractivity contribution < 1.29 is 72.1 Å². The Labute approximate surface area is 555 Å². The molecule has 25 heteroatoms. The number of urea groups is 1. The molecule has 2 aliphatic heterocycles.